The van der Waals surface area contributed by atoms with Gasteiger partial charge in [-0.3, -0.25) is 0 Å². The van der Waals surface area contributed by atoms with Crippen LogP contribution in [0.3, 0.4) is 0 Å². The summed E-state index contributed by atoms with van der Waals surface area (Å²) in [6.07, 6.45) is 0. The minimum Gasteiger partial charge on any atom is -0.496 e. The number of H-pyrrole nitrogens is 2. The van der Waals surface area contributed by atoms with Crippen molar-refractivity contribution in [2.24, 2.45) is 5.73 Å². The molecule has 1 heterocycles. The highest BCUT2D eigenvalue weighted by Crippen LogP contribution is 2.33. The van der Waals surface area contributed by atoms with Crippen LogP contribution in [0, 0.1) is 0 Å². The fourth-order valence-corrected chi connectivity index (χ4v) is 2.99. The molecule has 0 aliphatic carbocycles. The molecule has 0 saturated carbocycles. The van der Waals surface area contributed by atoms with Crippen molar-refractivity contribution in [3.63, 3.8) is 0 Å². The smallest absolute Gasteiger partial charge is 0.323 e. The summed E-state index contributed by atoms with van der Waals surface area (Å²) >= 11 is 3.51. The second kappa shape index (κ2) is 5.38. The molecule has 3 rings (SSSR count). The van der Waals surface area contributed by atoms with E-state index in [9.17, 15) is 4.79 Å². The number of nitrogens with one attached hydrogen (secondary N) is 2. The number of rotatable bonds is 3. The Morgan fingerprint density at radius 1 is 1.14 bits per heavy atom. The number of fused-ring (bicyclic) bond motifs is 1. The molecule has 2 aromatic carbocycles. The first kappa shape index (κ1) is 13.9. The predicted octanol–water partition coefficient (Wildman–Crippen LogP) is 2.68. The zero-order valence-corrected chi connectivity index (χ0v) is 12.9. The number of aromatic nitrogens is 2. The van der Waals surface area contributed by atoms with Crippen molar-refractivity contribution in [3.8, 4) is 5.75 Å². The van der Waals surface area contributed by atoms with Crippen molar-refractivity contribution >= 4 is 27.0 Å². The van der Waals surface area contributed by atoms with Gasteiger partial charge in [0.1, 0.15) is 5.75 Å². The molecule has 0 fully saturated rings. The number of hydrogen-bond donors (Lipinski definition) is 3. The second-order valence-corrected chi connectivity index (χ2v) is 5.57. The van der Waals surface area contributed by atoms with Crippen molar-refractivity contribution in [1.29, 1.82) is 0 Å². The van der Waals surface area contributed by atoms with Crippen LogP contribution >= 0.6 is 15.9 Å². The molecular formula is C15H14BrN3O2. The number of ether oxygens (including phenoxy) is 1. The summed E-state index contributed by atoms with van der Waals surface area (Å²) in [6, 6.07) is 11.0. The summed E-state index contributed by atoms with van der Waals surface area (Å²) in [4.78, 5) is 16.8. The van der Waals surface area contributed by atoms with Crippen LogP contribution in [0.5, 0.6) is 5.75 Å². The third-order valence-electron chi connectivity index (χ3n) is 3.44. The number of imidazole rings is 1. The minimum absolute atomic E-state index is 0.236. The average Bonchev–Trinajstić information content (AvgIpc) is 2.84. The van der Waals surface area contributed by atoms with Gasteiger partial charge in [0, 0.05) is 10.0 Å². The lowest BCUT2D eigenvalue weighted by Crippen LogP contribution is -2.13. The van der Waals surface area contributed by atoms with Crippen molar-refractivity contribution in [3.05, 3.63) is 62.5 Å². The zero-order chi connectivity index (χ0) is 15.0. The van der Waals surface area contributed by atoms with Crippen LogP contribution in [0.4, 0.5) is 0 Å². The number of para-hydroxylation sites is 1. The van der Waals surface area contributed by atoms with Gasteiger partial charge in [-0.2, -0.15) is 0 Å². The van der Waals surface area contributed by atoms with Crippen LogP contribution in [0.15, 0.2) is 45.7 Å². The molecule has 0 bridgehead atoms. The molecule has 3 aromatic rings. The van der Waals surface area contributed by atoms with Gasteiger partial charge in [0.2, 0.25) is 0 Å². The van der Waals surface area contributed by atoms with Crippen molar-refractivity contribution < 1.29 is 4.74 Å². The van der Waals surface area contributed by atoms with Gasteiger partial charge in [0.15, 0.2) is 0 Å². The van der Waals surface area contributed by atoms with Crippen molar-refractivity contribution in [2.75, 3.05) is 7.11 Å². The van der Waals surface area contributed by atoms with E-state index < -0.39 is 0 Å². The summed E-state index contributed by atoms with van der Waals surface area (Å²) < 4.78 is 6.20. The Balaban J connectivity index is 2.14. The molecule has 4 N–H and O–H groups in total. The highest BCUT2D eigenvalue weighted by Gasteiger charge is 2.17. The summed E-state index contributed by atoms with van der Waals surface area (Å²) in [7, 11) is 1.62. The fourth-order valence-electron chi connectivity index (χ4n) is 2.40. The van der Waals surface area contributed by atoms with Crippen LogP contribution in [0.25, 0.3) is 11.0 Å². The van der Waals surface area contributed by atoms with E-state index in [4.69, 9.17) is 10.5 Å². The SMILES string of the molecule is COc1ccccc1C(N)c1cc2[nH]c(=O)[nH]c2cc1Br. The van der Waals surface area contributed by atoms with E-state index in [2.05, 4.69) is 25.9 Å². The lowest BCUT2D eigenvalue weighted by atomic mass is 9.98. The maximum atomic E-state index is 11.4. The maximum absolute atomic E-state index is 11.4. The van der Waals surface area contributed by atoms with E-state index in [1.54, 1.807) is 7.11 Å². The van der Waals surface area contributed by atoms with E-state index in [1.807, 2.05) is 36.4 Å². The van der Waals surface area contributed by atoms with Crippen LogP contribution in [0.1, 0.15) is 17.2 Å². The molecule has 0 amide bonds. The Bertz CT molecular complexity index is 853. The van der Waals surface area contributed by atoms with Gasteiger partial charge in [0.05, 0.1) is 24.2 Å². The van der Waals surface area contributed by atoms with Gasteiger partial charge >= 0.3 is 5.69 Å². The van der Waals surface area contributed by atoms with Gasteiger partial charge in [-0.15, -0.1) is 0 Å². The van der Waals surface area contributed by atoms with E-state index in [-0.39, 0.29) is 11.7 Å². The van der Waals surface area contributed by atoms with Crippen LogP contribution in [-0.2, 0) is 0 Å². The van der Waals surface area contributed by atoms with E-state index in [0.717, 1.165) is 32.4 Å². The largest absolute Gasteiger partial charge is 0.496 e. The molecule has 6 heteroatoms. The molecule has 1 aromatic heterocycles. The summed E-state index contributed by atoms with van der Waals surface area (Å²) in [5.41, 5.74) is 9.37. The van der Waals surface area contributed by atoms with Crippen molar-refractivity contribution in [2.45, 2.75) is 6.04 Å². The Labute approximate surface area is 129 Å². The minimum atomic E-state index is -0.363. The molecule has 0 radical (unpaired) electrons. The van der Waals surface area contributed by atoms with Crippen LogP contribution < -0.4 is 16.2 Å². The van der Waals surface area contributed by atoms with E-state index in [1.165, 1.54) is 0 Å². The van der Waals surface area contributed by atoms with Gasteiger partial charge < -0.3 is 20.4 Å². The molecule has 1 unspecified atom stereocenters. The number of hydrogen-bond acceptors (Lipinski definition) is 3. The molecular weight excluding hydrogens is 334 g/mol. The molecule has 21 heavy (non-hydrogen) atoms. The molecule has 108 valence electrons. The van der Waals surface area contributed by atoms with Gasteiger partial charge in [-0.25, -0.2) is 4.79 Å². The monoisotopic (exact) mass is 347 g/mol. The standard InChI is InChI=1S/C15H14BrN3O2/c1-21-13-5-3-2-4-8(13)14(17)9-6-11-12(7-10(9)16)19-15(20)18-11/h2-7,14H,17H2,1H3,(H2,18,19,20). The van der Waals surface area contributed by atoms with Gasteiger partial charge in [0.25, 0.3) is 0 Å². The molecule has 5 nitrogen and oxygen atoms in total. The summed E-state index contributed by atoms with van der Waals surface area (Å²) in [5.74, 6) is 0.736. The maximum Gasteiger partial charge on any atom is 0.323 e. The van der Waals surface area contributed by atoms with Crippen LogP contribution in [0.2, 0.25) is 0 Å². The Morgan fingerprint density at radius 2 is 1.81 bits per heavy atom. The number of methoxy groups -OCH3 is 1. The van der Waals surface area contributed by atoms with E-state index >= 15 is 0 Å². The highest BCUT2D eigenvalue weighted by molar-refractivity contribution is 9.10. The quantitative estimate of drug-likeness (QED) is 0.680. The lowest BCUT2D eigenvalue weighted by molar-refractivity contribution is 0.408. The van der Waals surface area contributed by atoms with Gasteiger partial charge in [-0.1, -0.05) is 34.1 Å². The zero-order valence-electron chi connectivity index (χ0n) is 11.3. The van der Waals surface area contributed by atoms with E-state index in [0.29, 0.717) is 0 Å². The summed E-state index contributed by atoms with van der Waals surface area (Å²) in [5, 5.41) is 0. The third kappa shape index (κ3) is 2.48. The second-order valence-electron chi connectivity index (χ2n) is 4.72. The van der Waals surface area contributed by atoms with Crippen LogP contribution in [-0.4, -0.2) is 17.1 Å². The molecule has 1 atom stereocenters. The first-order valence-electron chi connectivity index (χ1n) is 6.40. The first-order valence-corrected chi connectivity index (χ1v) is 7.19. The highest BCUT2D eigenvalue weighted by atomic mass is 79.9. The Kier molecular flexibility index (Phi) is 3.57. The fraction of sp³-hybridized carbons (Fsp3) is 0.133. The normalized spacial score (nSPS) is 12.5. The first-order chi connectivity index (χ1) is 10.1. The number of nitrogens with two attached hydrogens (primary N) is 1. The Morgan fingerprint density at radius 3 is 2.52 bits per heavy atom. The summed E-state index contributed by atoms with van der Waals surface area (Å²) in [6.45, 7) is 0. The lowest BCUT2D eigenvalue weighted by Gasteiger charge is -2.17. The number of halogens is 1. The van der Waals surface area contributed by atoms with Gasteiger partial charge in [-0.05, 0) is 23.8 Å². The topological polar surface area (TPSA) is 83.9 Å². The third-order valence-corrected chi connectivity index (χ3v) is 4.13. The molecule has 0 spiro atoms. The average molecular weight is 348 g/mol. The van der Waals surface area contributed by atoms with Crippen molar-refractivity contribution in [1.82, 2.24) is 9.97 Å². The Hall–Kier alpha value is -2.05. The predicted molar refractivity (Wildman–Crippen MR) is 85.6 cm³/mol. The molecule has 0 aliphatic rings. The molecule has 0 saturated heterocycles. The number of aromatic amines is 2. The number of benzene rings is 2. The molecule has 0 aliphatic heterocycles.